The average molecular weight is 255 g/mol. The minimum atomic E-state index is 0.328. The third-order valence-electron chi connectivity index (χ3n) is 3.03. The van der Waals surface area contributed by atoms with E-state index in [0.29, 0.717) is 28.1 Å². The summed E-state index contributed by atoms with van der Waals surface area (Å²) in [5.74, 6) is 0. The largest absolute Gasteiger partial charge is 0.233 e. The lowest BCUT2D eigenvalue weighted by molar-refractivity contribution is 1.33. The number of nitriles is 3. The van der Waals surface area contributed by atoms with Crippen molar-refractivity contribution in [2.24, 2.45) is 0 Å². The second-order valence-electron chi connectivity index (χ2n) is 4.18. The van der Waals surface area contributed by atoms with E-state index < -0.39 is 0 Å². The Morgan fingerprint density at radius 1 is 0.700 bits per heavy atom. The molecule has 5 heteroatoms. The number of hydrogen-bond acceptors (Lipinski definition) is 5. The Labute approximate surface area is 114 Å². The average Bonchev–Trinajstić information content (AvgIpc) is 3.06. The quantitative estimate of drug-likeness (QED) is 0.613. The Bertz CT molecular complexity index is 827. The number of fused-ring (bicyclic) bond motifs is 2. The van der Waals surface area contributed by atoms with Crippen molar-refractivity contribution in [2.45, 2.75) is 0 Å². The predicted octanol–water partition coefficient (Wildman–Crippen LogP) is 2.30. The smallest absolute Gasteiger partial charge is 0.117 e. The summed E-state index contributed by atoms with van der Waals surface area (Å²) in [6.07, 6.45) is 1.33. The summed E-state index contributed by atoms with van der Waals surface area (Å²) in [6, 6.07) is 12.9. The van der Waals surface area contributed by atoms with Crippen LogP contribution >= 0.6 is 0 Å². The summed E-state index contributed by atoms with van der Waals surface area (Å²) in [5.41, 5.74) is 3.37. The van der Waals surface area contributed by atoms with Crippen LogP contribution in [0.2, 0.25) is 0 Å². The van der Waals surface area contributed by atoms with E-state index in [-0.39, 0.29) is 0 Å². The van der Waals surface area contributed by atoms with Gasteiger partial charge in [-0.25, -0.2) is 9.97 Å². The summed E-state index contributed by atoms with van der Waals surface area (Å²) >= 11 is 0. The summed E-state index contributed by atoms with van der Waals surface area (Å²) in [4.78, 5) is 8.10. The van der Waals surface area contributed by atoms with Gasteiger partial charge in [0.25, 0.3) is 0 Å². The van der Waals surface area contributed by atoms with Crippen molar-refractivity contribution in [3.63, 3.8) is 0 Å². The van der Waals surface area contributed by atoms with E-state index in [9.17, 15) is 10.5 Å². The van der Waals surface area contributed by atoms with E-state index in [0.717, 1.165) is 11.1 Å². The van der Waals surface area contributed by atoms with Gasteiger partial charge in [0, 0.05) is 0 Å². The van der Waals surface area contributed by atoms with Gasteiger partial charge in [0.05, 0.1) is 22.8 Å². The number of aromatic nitrogens is 2. The van der Waals surface area contributed by atoms with Gasteiger partial charge in [-0.3, -0.25) is 0 Å². The zero-order chi connectivity index (χ0) is 14.1. The Hall–Kier alpha value is -3.49. The van der Waals surface area contributed by atoms with Crippen LogP contribution in [-0.2, 0) is 0 Å². The van der Waals surface area contributed by atoms with Gasteiger partial charge in [0.1, 0.15) is 29.9 Å². The van der Waals surface area contributed by atoms with Crippen LogP contribution in [-0.4, -0.2) is 9.97 Å². The van der Waals surface area contributed by atoms with Gasteiger partial charge in [-0.1, -0.05) is 0 Å². The molecule has 0 bridgehead atoms. The first kappa shape index (κ1) is 11.6. The lowest BCUT2D eigenvalue weighted by atomic mass is 10.0. The fraction of sp³-hybridized carbons (Fsp3) is 0. The summed E-state index contributed by atoms with van der Waals surface area (Å²) in [5, 5.41) is 27.5. The number of hydrogen-bond donors (Lipinski definition) is 0. The molecule has 0 N–H and O–H groups in total. The predicted molar refractivity (Wildman–Crippen MR) is 69.4 cm³/mol. The molecule has 3 rings (SSSR count). The molecule has 1 heterocycles. The zero-order valence-corrected chi connectivity index (χ0v) is 10.1. The van der Waals surface area contributed by atoms with Crippen molar-refractivity contribution in [3.05, 3.63) is 47.3 Å². The molecule has 2 aliphatic carbocycles. The lowest BCUT2D eigenvalue weighted by Gasteiger charge is -2.01. The second kappa shape index (κ2) is 4.31. The Balaban J connectivity index is 2.49. The van der Waals surface area contributed by atoms with Gasteiger partial charge < -0.3 is 0 Å². The number of nitrogens with zero attached hydrogens (tertiary/aromatic N) is 5. The SMILES string of the molecule is N#Cc1cc2cc(C#N)c3ncnc-3c(C#N)cc-2c1. The molecule has 20 heavy (non-hydrogen) atoms. The molecule has 0 fully saturated rings. The maximum absolute atomic E-state index is 9.27. The Morgan fingerprint density at radius 3 is 1.60 bits per heavy atom. The molecular formula is C15H5N5. The molecule has 0 saturated carbocycles. The molecule has 0 amide bonds. The van der Waals surface area contributed by atoms with Crippen LogP contribution < -0.4 is 0 Å². The summed E-state index contributed by atoms with van der Waals surface area (Å²) in [6.45, 7) is 0. The van der Waals surface area contributed by atoms with Gasteiger partial charge in [0.2, 0.25) is 0 Å². The highest BCUT2D eigenvalue weighted by atomic mass is 14.9. The third-order valence-corrected chi connectivity index (χ3v) is 3.03. The molecule has 0 aromatic carbocycles. The number of rotatable bonds is 0. The van der Waals surface area contributed by atoms with Crippen LogP contribution in [0.4, 0.5) is 0 Å². The van der Waals surface area contributed by atoms with Crippen molar-refractivity contribution >= 4 is 0 Å². The van der Waals surface area contributed by atoms with Crippen LogP contribution in [0.1, 0.15) is 16.7 Å². The first-order valence-corrected chi connectivity index (χ1v) is 5.69. The van der Waals surface area contributed by atoms with E-state index in [1.165, 1.54) is 6.33 Å². The van der Waals surface area contributed by atoms with Gasteiger partial charge in [-0.05, 0) is 35.4 Å². The molecule has 90 valence electrons. The highest BCUT2D eigenvalue weighted by molar-refractivity contribution is 5.78. The van der Waals surface area contributed by atoms with Crippen molar-refractivity contribution in [3.8, 4) is 40.7 Å². The maximum Gasteiger partial charge on any atom is 0.117 e. The molecule has 0 radical (unpaired) electrons. The van der Waals surface area contributed by atoms with Crippen LogP contribution in [0.15, 0.2) is 30.6 Å². The first-order valence-electron chi connectivity index (χ1n) is 5.69. The molecule has 0 aromatic rings. The zero-order valence-electron chi connectivity index (χ0n) is 10.1. The van der Waals surface area contributed by atoms with Gasteiger partial charge >= 0.3 is 0 Å². The highest BCUT2D eigenvalue weighted by Gasteiger charge is 2.17. The molecule has 3 aliphatic rings. The van der Waals surface area contributed by atoms with Crippen molar-refractivity contribution < 1.29 is 0 Å². The van der Waals surface area contributed by atoms with E-state index in [4.69, 9.17) is 5.26 Å². The monoisotopic (exact) mass is 255 g/mol. The molecule has 5 nitrogen and oxygen atoms in total. The van der Waals surface area contributed by atoms with Crippen LogP contribution in [0, 0.1) is 34.0 Å². The summed E-state index contributed by atoms with van der Waals surface area (Å²) < 4.78 is 0. The van der Waals surface area contributed by atoms with Gasteiger partial charge in [0.15, 0.2) is 0 Å². The molecular weight excluding hydrogens is 250 g/mol. The fourth-order valence-corrected chi connectivity index (χ4v) is 2.14. The van der Waals surface area contributed by atoms with E-state index in [1.807, 2.05) is 0 Å². The Morgan fingerprint density at radius 2 is 1.20 bits per heavy atom. The molecule has 0 unspecified atom stereocenters. The fourth-order valence-electron chi connectivity index (χ4n) is 2.14. The Kier molecular flexibility index (Phi) is 2.50. The maximum atomic E-state index is 9.27. The van der Waals surface area contributed by atoms with Crippen LogP contribution in [0.3, 0.4) is 0 Å². The van der Waals surface area contributed by atoms with Gasteiger partial charge in [-0.15, -0.1) is 0 Å². The topological polar surface area (TPSA) is 97.2 Å². The lowest BCUT2D eigenvalue weighted by Crippen LogP contribution is -1.89. The van der Waals surface area contributed by atoms with Gasteiger partial charge in [-0.2, -0.15) is 15.8 Å². The summed E-state index contributed by atoms with van der Waals surface area (Å²) in [7, 11) is 0. The standard InChI is InChI=1S/C15H5N5/c16-5-9-1-10-3-12(6-17)14-15(20-8-19-14)13(7-18)4-11(10)2-9/h1-4,8H. The molecule has 0 spiro atoms. The first-order chi connectivity index (χ1) is 9.76. The van der Waals surface area contributed by atoms with Crippen molar-refractivity contribution in [2.75, 3.05) is 0 Å². The molecule has 1 aliphatic heterocycles. The van der Waals surface area contributed by atoms with E-state index in [1.54, 1.807) is 24.3 Å². The van der Waals surface area contributed by atoms with Crippen LogP contribution in [0.25, 0.3) is 22.5 Å². The molecule has 0 saturated heterocycles. The third kappa shape index (κ3) is 1.61. The molecule has 0 atom stereocenters. The highest BCUT2D eigenvalue weighted by Crippen LogP contribution is 2.31. The normalized spacial score (nSPS) is 9.85. The van der Waals surface area contributed by atoms with Crippen molar-refractivity contribution in [1.29, 1.82) is 15.8 Å². The minimum Gasteiger partial charge on any atom is -0.233 e. The van der Waals surface area contributed by atoms with E-state index >= 15 is 0 Å². The minimum absolute atomic E-state index is 0.328. The number of imidazole rings is 1. The van der Waals surface area contributed by atoms with E-state index in [2.05, 4.69) is 28.2 Å². The van der Waals surface area contributed by atoms with Crippen molar-refractivity contribution in [1.82, 2.24) is 9.97 Å². The molecule has 0 aromatic heterocycles. The second-order valence-corrected chi connectivity index (χ2v) is 4.18. The van der Waals surface area contributed by atoms with Crippen LogP contribution in [0.5, 0.6) is 0 Å².